The first kappa shape index (κ1) is 13.8. The summed E-state index contributed by atoms with van der Waals surface area (Å²) in [5.74, 6) is -0.531. The first-order valence-electron chi connectivity index (χ1n) is 6.11. The molecule has 0 spiro atoms. The van der Waals surface area contributed by atoms with Gasteiger partial charge >= 0.3 is 11.9 Å². The van der Waals surface area contributed by atoms with E-state index >= 15 is 0 Å². The van der Waals surface area contributed by atoms with E-state index in [1.165, 1.54) is 6.20 Å². The van der Waals surface area contributed by atoms with Gasteiger partial charge in [-0.05, 0) is 26.0 Å². The van der Waals surface area contributed by atoms with Gasteiger partial charge in [0.1, 0.15) is 5.76 Å². The molecule has 20 heavy (non-hydrogen) atoms. The molecule has 0 radical (unpaired) electrons. The van der Waals surface area contributed by atoms with Crippen molar-refractivity contribution in [3.63, 3.8) is 0 Å². The average molecular weight is 274 g/mol. The highest BCUT2D eigenvalue weighted by Gasteiger charge is 2.17. The number of hydrogen-bond donors (Lipinski definition) is 1. The summed E-state index contributed by atoms with van der Waals surface area (Å²) in [6, 6.07) is 6.59. The number of esters is 1. The standard InChI is InChI=1S/C14H14N2O4/c1-3-19-14(18)10-6-4-5-7-11(10)16-12(17)13-15-8-9(2)20-13/h4-8H,3H2,1-2H3,(H,16,17). The molecule has 1 aromatic heterocycles. The number of amides is 1. The van der Waals surface area contributed by atoms with Crippen LogP contribution in [-0.2, 0) is 4.74 Å². The van der Waals surface area contributed by atoms with E-state index in [1.807, 2.05) is 0 Å². The van der Waals surface area contributed by atoms with E-state index in [2.05, 4.69) is 10.3 Å². The maximum Gasteiger partial charge on any atom is 0.340 e. The van der Waals surface area contributed by atoms with Crippen molar-refractivity contribution < 1.29 is 18.7 Å². The average Bonchev–Trinajstić information content (AvgIpc) is 2.86. The number of para-hydroxylation sites is 1. The molecule has 1 amide bonds. The lowest BCUT2D eigenvalue weighted by Gasteiger charge is -2.08. The van der Waals surface area contributed by atoms with Crippen LogP contribution in [0, 0.1) is 6.92 Å². The van der Waals surface area contributed by atoms with Crippen molar-refractivity contribution in [2.45, 2.75) is 13.8 Å². The van der Waals surface area contributed by atoms with E-state index in [9.17, 15) is 9.59 Å². The summed E-state index contributed by atoms with van der Waals surface area (Å²) >= 11 is 0. The van der Waals surface area contributed by atoms with E-state index < -0.39 is 11.9 Å². The number of aromatic nitrogens is 1. The first-order chi connectivity index (χ1) is 9.61. The van der Waals surface area contributed by atoms with E-state index in [1.54, 1.807) is 38.1 Å². The Bertz CT molecular complexity index is 634. The van der Waals surface area contributed by atoms with Crippen molar-refractivity contribution >= 4 is 17.6 Å². The molecule has 2 rings (SSSR count). The van der Waals surface area contributed by atoms with Gasteiger partial charge in [0.05, 0.1) is 24.1 Å². The molecule has 6 heteroatoms. The predicted molar refractivity (Wildman–Crippen MR) is 71.6 cm³/mol. The summed E-state index contributed by atoms with van der Waals surface area (Å²) in [5, 5.41) is 2.58. The van der Waals surface area contributed by atoms with Crippen molar-refractivity contribution in [2.75, 3.05) is 11.9 Å². The van der Waals surface area contributed by atoms with E-state index in [0.717, 1.165) is 0 Å². The summed E-state index contributed by atoms with van der Waals surface area (Å²) in [6.45, 7) is 3.67. The minimum atomic E-state index is -0.519. The molecule has 0 saturated heterocycles. The Morgan fingerprint density at radius 2 is 2.10 bits per heavy atom. The second-order valence-electron chi connectivity index (χ2n) is 4.00. The Balaban J connectivity index is 2.21. The van der Waals surface area contributed by atoms with Gasteiger partial charge in [0.15, 0.2) is 0 Å². The number of anilines is 1. The van der Waals surface area contributed by atoms with Crippen LogP contribution in [0.3, 0.4) is 0 Å². The zero-order valence-electron chi connectivity index (χ0n) is 11.2. The van der Waals surface area contributed by atoms with E-state index in [-0.39, 0.29) is 18.1 Å². The molecule has 0 saturated carbocycles. The minimum Gasteiger partial charge on any atom is -0.462 e. The third kappa shape index (κ3) is 3.03. The second-order valence-corrected chi connectivity index (χ2v) is 4.00. The number of oxazole rings is 1. The summed E-state index contributed by atoms with van der Waals surface area (Å²) < 4.78 is 10.1. The van der Waals surface area contributed by atoms with Crippen molar-refractivity contribution in [3.05, 3.63) is 47.7 Å². The highest BCUT2D eigenvalue weighted by molar-refractivity contribution is 6.05. The maximum atomic E-state index is 11.9. The number of hydrogen-bond acceptors (Lipinski definition) is 5. The molecule has 1 heterocycles. The van der Waals surface area contributed by atoms with Crippen molar-refractivity contribution in [1.82, 2.24) is 4.98 Å². The van der Waals surface area contributed by atoms with E-state index in [4.69, 9.17) is 9.15 Å². The SMILES string of the molecule is CCOC(=O)c1ccccc1NC(=O)c1ncc(C)o1. The van der Waals surface area contributed by atoms with Gasteiger partial charge in [-0.1, -0.05) is 12.1 Å². The molecule has 2 aromatic rings. The zero-order chi connectivity index (χ0) is 14.5. The molecule has 0 aliphatic carbocycles. The van der Waals surface area contributed by atoms with Crippen LogP contribution in [0.25, 0.3) is 0 Å². The Morgan fingerprint density at radius 1 is 1.35 bits per heavy atom. The van der Waals surface area contributed by atoms with Crippen LogP contribution in [0.4, 0.5) is 5.69 Å². The lowest BCUT2D eigenvalue weighted by molar-refractivity contribution is 0.0527. The number of carbonyl (C=O) groups excluding carboxylic acids is 2. The number of aryl methyl sites for hydroxylation is 1. The number of benzene rings is 1. The first-order valence-corrected chi connectivity index (χ1v) is 6.11. The van der Waals surface area contributed by atoms with Gasteiger partial charge in [-0.25, -0.2) is 9.78 Å². The fourth-order valence-electron chi connectivity index (χ4n) is 1.61. The monoisotopic (exact) mass is 274 g/mol. The van der Waals surface area contributed by atoms with Crippen LogP contribution in [0.1, 0.15) is 33.7 Å². The fraction of sp³-hybridized carbons (Fsp3) is 0.214. The van der Waals surface area contributed by atoms with Crippen molar-refractivity contribution in [1.29, 1.82) is 0 Å². The second kappa shape index (κ2) is 6.01. The molecule has 104 valence electrons. The molecule has 1 N–H and O–H groups in total. The van der Waals surface area contributed by atoms with Gasteiger partial charge in [0, 0.05) is 0 Å². The lowest BCUT2D eigenvalue weighted by atomic mass is 10.2. The van der Waals surface area contributed by atoms with Crippen LogP contribution in [0.15, 0.2) is 34.9 Å². The normalized spacial score (nSPS) is 10.1. The molecule has 0 bridgehead atoms. The van der Waals surface area contributed by atoms with Gasteiger partial charge in [0.25, 0.3) is 5.89 Å². The smallest absolute Gasteiger partial charge is 0.340 e. The molecule has 0 aliphatic rings. The van der Waals surface area contributed by atoms with Crippen LogP contribution < -0.4 is 5.32 Å². The molecule has 0 unspecified atom stereocenters. The highest BCUT2D eigenvalue weighted by Crippen LogP contribution is 2.17. The largest absolute Gasteiger partial charge is 0.462 e. The van der Waals surface area contributed by atoms with Gasteiger partial charge in [-0.15, -0.1) is 0 Å². The molecule has 0 aliphatic heterocycles. The summed E-state index contributed by atoms with van der Waals surface area (Å²) in [4.78, 5) is 27.5. The molecule has 6 nitrogen and oxygen atoms in total. The fourth-order valence-corrected chi connectivity index (χ4v) is 1.61. The predicted octanol–water partition coefficient (Wildman–Crippen LogP) is 2.41. The van der Waals surface area contributed by atoms with Gasteiger partial charge in [-0.2, -0.15) is 0 Å². The topological polar surface area (TPSA) is 81.4 Å². The van der Waals surface area contributed by atoms with Crippen molar-refractivity contribution in [2.24, 2.45) is 0 Å². The number of nitrogens with zero attached hydrogens (tertiary/aromatic N) is 1. The number of rotatable bonds is 4. The molecule has 1 aromatic carbocycles. The number of nitrogens with one attached hydrogen (secondary N) is 1. The van der Waals surface area contributed by atoms with Gasteiger partial charge in [-0.3, -0.25) is 4.79 Å². The summed E-state index contributed by atoms with van der Waals surface area (Å²) in [6.07, 6.45) is 1.45. The molecule has 0 atom stereocenters. The van der Waals surface area contributed by atoms with Gasteiger partial charge in [0.2, 0.25) is 0 Å². The van der Waals surface area contributed by atoms with Crippen LogP contribution in [0.2, 0.25) is 0 Å². The summed E-state index contributed by atoms with van der Waals surface area (Å²) in [7, 11) is 0. The van der Waals surface area contributed by atoms with Crippen LogP contribution in [-0.4, -0.2) is 23.5 Å². The minimum absolute atomic E-state index is 0.0545. The molecular weight excluding hydrogens is 260 g/mol. The maximum absolute atomic E-state index is 11.9. The van der Waals surface area contributed by atoms with Crippen LogP contribution >= 0.6 is 0 Å². The third-order valence-electron chi connectivity index (χ3n) is 2.49. The Morgan fingerprint density at radius 3 is 2.75 bits per heavy atom. The van der Waals surface area contributed by atoms with Crippen molar-refractivity contribution in [3.8, 4) is 0 Å². The van der Waals surface area contributed by atoms with Crippen LogP contribution in [0.5, 0.6) is 0 Å². The number of ether oxygens (including phenoxy) is 1. The quantitative estimate of drug-likeness (QED) is 0.866. The Hall–Kier alpha value is -2.63. The highest BCUT2D eigenvalue weighted by atomic mass is 16.5. The van der Waals surface area contributed by atoms with E-state index in [0.29, 0.717) is 11.4 Å². The van der Waals surface area contributed by atoms with Gasteiger partial charge < -0.3 is 14.5 Å². The summed E-state index contributed by atoms with van der Waals surface area (Å²) in [5.41, 5.74) is 0.637. The lowest BCUT2D eigenvalue weighted by Crippen LogP contribution is -2.16. The molecule has 0 fully saturated rings. The Kier molecular flexibility index (Phi) is 4.14. The molecular formula is C14H14N2O4. The zero-order valence-corrected chi connectivity index (χ0v) is 11.2. The Labute approximate surface area is 115 Å². The number of carbonyl (C=O) groups is 2. The third-order valence-corrected chi connectivity index (χ3v) is 2.49.